The fourth-order valence-corrected chi connectivity index (χ4v) is 3.28. The molecule has 1 fully saturated rings. The molecule has 20 heavy (non-hydrogen) atoms. The van der Waals surface area contributed by atoms with Crippen LogP contribution in [-0.4, -0.2) is 22.6 Å². The largest absolute Gasteiger partial charge is 0.368 e. The van der Waals surface area contributed by atoms with Crippen LogP contribution in [0.5, 0.6) is 0 Å². The van der Waals surface area contributed by atoms with Gasteiger partial charge in [-0.2, -0.15) is 0 Å². The molecule has 1 amide bonds. The molecule has 1 aromatic rings. The minimum absolute atomic E-state index is 0.202. The maximum absolute atomic E-state index is 11.0. The number of nitrogens with two attached hydrogens (primary N) is 1. The van der Waals surface area contributed by atoms with Gasteiger partial charge in [-0.25, -0.2) is 0 Å². The van der Waals surface area contributed by atoms with Gasteiger partial charge in [-0.15, -0.1) is 10.2 Å². The molecule has 1 aromatic heterocycles. The van der Waals surface area contributed by atoms with E-state index in [1.807, 2.05) is 0 Å². The lowest BCUT2D eigenvalue weighted by atomic mass is 9.78. The van der Waals surface area contributed by atoms with Gasteiger partial charge >= 0.3 is 0 Å². The second kappa shape index (κ2) is 6.20. The molecule has 5 nitrogen and oxygen atoms in total. The summed E-state index contributed by atoms with van der Waals surface area (Å²) < 4.78 is 0. The van der Waals surface area contributed by atoms with E-state index >= 15 is 0 Å². The maximum Gasteiger partial charge on any atom is 0.269 e. The zero-order valence-electron chi connectivity index (χ0n) is 12.4. The summed E-state index contributed by atoms with van der Waals surface area (Å²) in [6.07, 6.45) is 6.45. The Balaban J connectivity index is 1.97. The van der Waals surface area contributed by atoms with Gasteiger partial charge < -0.3 is 11.1 Å². The first-order chi connectivity index (χ1) is 9.51. The third-order valence-corrected chi connectivity index (χ3v) is 4.07. The van der Waals surface area contributed by atoms with E-state index < -0.39 is 5.91 Å². The van der Waals surface area contributed by atoms with E-state index in [0.717, 1.165) is 6.54 Å². The number of hydrogen-bond donors (Lipinski definition) is 2. The molecule has 1 heterocycles. The Morgan fingerprint density at radius 3 is 2.55 bits per heavy atom. The molecule has 0 bridgehead atoms. The molecule has 0 unspecified atom stereocenters. The van der Waals surface area contributed by atoms with Crippen LogP contribution < -0.4 is 11.1 Å². The van der Waals surface area contributed by atoms with E-state index in [4.69, 9.17) is 5.73 Å². The normalized spacial score (nSPS) is 17.4. The van der Waals surface area contributed by atoms with Crippen molar-refractivity contribution in [1.29, 1.82) is 0 Å². The third kappa shape index (κ3) is 3.68. The van der Waals surface area contributed by atoms with Crippen molar-refractivity contribution in [2.24, 2.45) is 17.1 Å². The molecule has 0 atom stereocenters. The van der Waals surface area contributed by atoms with Crippen LogP contribution in [0.25, 0.3) is 0 Å². The summed E-state index contributed by atoms with van der Waals surface area (Å²) in [6.45, 7) is 5.48. The highest BCUT2D eigenvalue weighted by Gasteiger charge is 2.34. The number of primary amides is 1. The zero-order valence-corrected chi connectivity index (χ0v) is 12.4. The van der Waals surface area contributed by atoms with Crippen LogP contribution in [0.2, 0.25) is 0 Å². The highest BCUT2D eigenvalue weighted by atomic mass is 16.1. The summed E-state index contributed by atoms with van der Waals surface area (Å²) in [5.74, 6) is 0.874. The van der Waals surface area contributed by atoms with Gasteiger partial charge in [0.25, 0.3) is 5.91 Å². The zero-order chi connectivity index (χ0) is 14.6. The number of anilines is 1. The summed E-state index contributed by atoms with van der Waals surface area (Å²) >= 11 is 0. The lowest BCUT2D eigenvalue weighted by molar-refractivity contribution is 0.0994. The van der Waals surface area contributed by atoms with Crippen molar-refractivity contribution in [2.45, 2.75) is 46.0 Å². The van der Waals surface area contributed by atoms with E-state index in [9.17, 15) is 4.79 Å². The second-order valence-corrected chi connectivity index (χ2v) is 6.33. The maximum atomic E-state index is 11.0. The molecule has 1 aliphatic carbocycles. The SMILES string of the molecule is CC(C)CC1(CNc2ccc(C(N)=O)nn2)CCCC1. The van der Waals surface area contributed by atoms with Crippen molar-refractivity contribution < 1.29 is 4.79 Å². The Kier molecular flexibility index (Phi) is 4.57. The van der Waals surface area contributed by atoms with Crippen molar-refractivity contribution in [3.8, 4) is 0 Å². The van der Waals surface area contributed by atoms with Gasteiger partial charge in [0.15, 0.2) is 5.69 Å². The molecule has 3 N–H and O–H groups in total. The van der Waals surface area contributed by atoms with Gasteiger partial charge in [0, 0.05) is 6.54 Å². The molecule has 0 aliphatic heterocycles. The molecule has 2 rings (SSSR count). The topological polar surface area (TPSA) is 80.9 Å². The standard InChI is InChI=1S/C15H24N4O/c1-11(2)9-15(7-3-4-8-15)10-17-13-6-5-12(14(16)20)18-19-13/h5-6,11H,3-4,7-10H2,1-2H3,(H2,16,20)(H,17,19). The van der Waals surface area contributed by atoms with Gasteiger partial charge in [0.2, 0.25) is 0 Å². The molecular formula is C15H24N4O. The van der Waals surface area contributed by atoms with E-state index in [2.05, 4.69) is 29.4 Å². The Hall–Kier alpha value is -1.65. The first-order valence-electron chi connectivity index (χ1n) is 7.38. The van der Waals surface area contributed by atoms with Crippen molar-refractivity contribution >= 4 is 11.7 Å². The first kappa shape index (κ1) is 14.8. The van der Waals surface area contributed by atoms with Gasteiger partial charge in [-0.05, 0) is 42.7 Å². The minimum atomic E-state index is -0.545. The van der Waals surface area contributed by atoms with Gasteiger partial charge in [-0.1, -0.05) is 26.7 Å². The van der Waals surface area contributed by atoms with Crippen molar-refractivity contribution in [3.05, 3.63) is 17.8 Å². The van der Waals surface area contributed by atoms with E-state index in [0.29, 0.717) is 17.2 Å². The first-order valence-corrected chi connectivity index (χ1v) is 7.38. The third-order valence-electron chi connectivity index (χ3n) is 4.07. The highest BCUT2D eigenvalue weighted by molar-refractivity contribution is 5.90. The summed E-state index contributed by atoms with van der Waals surface area (Å²) in [6, 6.07) is 3.38. The number of nitrogens with zero attached hydrogens (tertiary/aromatic N) is 2. The van der Waals surface area contributed by atoms with Crippen molar-refractivity contribution in [1.82, 2.24) is 10.2 Å². The molecule has 1 aliphatic rings. The van der Waals surface area contributed by atoms with Crippen LogP contribution in [0.4, 0.5) is 5.82 Å². The fourth-order valence-electron chi connectivity index (χ4n) is 3.28. The molecule has 0 saturated heterocycles. The number of carbonyl (C=O) groups excluding carboxylic acids is 1. The number of hydrogen-bond acceptors (Lipinski definition) is 4. The minimum Gasteiger partial charge on any atom is -0.368 e. The summed E-state index contributed by atoms with van der Waals surface area (Å²) in [7, 11) is 0. The second-order valence-electron chi connectivity index (χ2n) is 6.33. The number of aromatic nitrogens is 2. The highest BCUT2D eigenvalue weighted by Crippen LogP contribution is 2.43. The van der Waals surface area contributed by atoms with E-state index in [-0.39, 0.29) is 5.69 Å². The van der Waals surface area contributed by atoms with E-state index in [1.165, 1.54) is 32.1 Å². The van der Waals surface area contributed by atoms with Crippen LogP contribution >= 0.6 is 0 Å². The lowest BCUT2D eigenvalue weighted by Crippen LogP contribution is -2.29. The fraction of sp³-hybridized carbons (Fsp3) is 0.667. The number of carbonyl (C=O) groups is 1. The van der Waals surface area contributed by atoms with E-state index in [1.54, 1.807) is 12.1 Å². The van der Waals surface area contributed by atoms with Crippen molar-refractivity contribution in [2.75, 3.05) is 11.9 Å². The average molecular weight is 276 g/mol. The molecule has 0 radical (unpaired) electrons. The summed E-state index contributed by atoms with van der Waals surface area (Å²) in [5, 5.41) is 11.2. The number of nitrogens with one attached hydrogen (secondary N) is 1. The molecule has 5 heteroatoms. The molecular weight excluding hydrogens is 252 g/mol. The Morgan fingerprint density at radius 1 is 1.35 bits per heavy atom. The van der Waals surface area contributed by atoms with Crippen molar-refractivity contribution in [3.63, 3.8) is 0 Å². The van der Waals surface area contributed by atoms with Crippen LogP contribution in [0.1, 0.15) is 56.4 Å². The summed E-state index contributed by atoms with van der Waals surface area (Å²) in [5.41, 5.74) is 5.74. The summed E-state index contributed by atoms with van der Waals surface area (Å²) in [4.78, 5) is 11.0. The molecule has 0 spiro atoms. The lowest BCUT2D eigenvalue weighted by Gasteiger charge is -2.31. The van der Waals surface area contributed by atoms with Crippen LogP contribution in [0.15, 0.2) is 12.1 Å². The Bertz CT molecular complexity index is 449. The van der Waals surface area contributed by atoms with Gasteiger partial charge in [0.1, 0.15) is 5.82 Å². The quantitative estimate of drug-likeness (QED) is 0.836. The molecule has 110 valence electrons. The smallest absolute Gasteiger partial charge is 0.269 e. The number of rotatable bonds is 6. The van der Waals surface area contributed by atoms with Gasteiger partial charge in [-0.3, -0.25) is 4.79 Å². The van der Waals surface area contributed by atoms with Crippen LogP contribution in [-0.2, 0) is 0 Å². The van der Waals surface area contributed by atoms with Crippen LogP contribution in [0.3, 0.4) is 0 Å². The molecule has 0 aromatic carbocycles. The predicted molar refractivity (Wildman–Crippen MR) is 79.4 cm³/mol. The average Bonchev–Trinajstić information content (AvgIpc) is 2.85. The molecule has 1 saturated carbocycles. The Labute approximate surface area is 120 Å². The Morgan fingerprint density at radius 2 is 2.05 bits per heavy atom. The monoisotopic (exact) mass is 276 g/mol. The van der Waals surface area contributed by atoms with Gasteiger partial charge in [0.05, 0.1) is 0 Å². The predicted octanol–water partition coefficient (Wildman–Crippen LogP) is 2.59. The number of amides is 1. The van der Waals surface area contributed by atoms with Crippen LogP contribution in [0, 0.1) is 11.3 Å².